The van der Waals surface area contributed by atoms with Crippen LogP contribution < -0.4 is 10.1 Å². The average molecular weight is 260 g/mol. The number of nitrogens with zero attached hydrogens (tertiary/aromatic N) is 1. The Labute approximate surface area is 109 Å². The van der Waals surface area contributed by atoms with Gasteiger partial charge in [0.15, 0.2) is 0 Å². The Morgan fingerprint density at radius 2 is 2.33 bits per heavy atom. The summed E-state index contributed by atoms with van der Waals surface area (Å²) in [7, 11) is 1.62. The SMILES string of the molecule is COc1ccc2c(c1)NC(O)C=C2c1nccs1. The van der Waals surface area contributed by atoms with Crippen molar-refractivity contribution in [2.24, 2.45) is 0 Å². The maximum absolute atomic E-state index is 9.84. The highest BCUT2D eigenvalue weighted by atomic mass is 32.1. The Morgan fingerprint density at radius 3 is 3.06 bits per heavy atom. The predicted molar refractivity (Wildman–Crippen MR) is 71.8 cm³/mol. The lowest BCUT2D eigenvalue weighted by Crippen LogP contribution is -2.21. The van der Waals surface area contributed by atoms with Crippen molar-refractivity contribution in [3.8, 4) is 5.75 Å². The molecule has 5 heteroatoms. The molecule has 0 spiro atoms. The number of nitrogens with one attached hydrogen (secondary N) is 1. The van der Waals surface area contributed by atoms with Crippen LogP contribution in [0.25, 0.3) is 5.57 Å². The average Bonchev–Trinajstić information content (AvgIpc) is 2.90. The first kappa shape index (κ1) is 11.3. The molecule has 1 unspecified atom stereocenters. The van der Waals surface area contributed by atoms with E-state index in [0.29, 0.717) is 0 Å². The van der Waals surface area contributed by atoms with Gasteiger partial charge in [-0.2, -0.15) is 0 Å². The number of aromatic nitrogens is 1. The first-order valence-electron chi connectivity index (χ1n) is 5.52. The maximum atomic E-state index is 9.84. The topological polar surface area (TPSA) is 54.4 Å². The third kappa shape index (κ3) is 1.87. The van der Waals surface area contributed by atoms with Gasteiger partial charge >= 0.3 is 0 Å². The number of anilines is 1. The van der Waals surface area contributed by atoms with Gasteiger partial charge in [0, 0.05) is 34.5 Å². The second-order valence-corrected chi connectivity index (χ2v) is 4.81. The minimum absolute atomic E-state index is 0.705. The van der Waals surface area contributed by atoms with Crippen LogP contribution in [0.4, 0.5) is 5.69 Å². The van der Waals surface area contributed by atoms with Gasteiger partial charge in [-0.15, -0.1) is 11.3 Å². The molecule has 2 N–H and O–H groups in total. The van der Waals surface area contributed by atoms with Crippen LogP contribution in [0.2, 0.25) is 0 Å². The highest BCUT2D eigenvalue weighted by Crippen LogP contribution is 2.36. The van der Waals surface area contributed by atoms with E-state index in [4.69, 9.17) is 4.74 Å². The monoisotopic (exact) mass is 260 g/mol. The molecule has 0 amide bonds. The van der Waals surface area contributed by atoms with Gasteiger partial charge in [0.1, 0.15) is 17.0 Å². The molecule has 18 heavy (non-hydrogen) atoms. The van der Waals surface area contributed by atoms with Crippen LogP contribution in [0.5, 0.6) is 5.75 Å². The Hall–Kier alpha value is -1.85. The Balaban J connectivity index is 2.12. The number of methoxy groups -OCH3 is 1. The molecule has 0 bridgehead atoms. The highest BCUT2D eigenvalue weighted by Gasteiger charge is 2.20. The quantitative estimate of drug-likeness (QED) is 0.870. The third-order valence-corrected chi connectivity index (χ3v) is 3.61. The molecule has 1 aromatic heterocycles. The zero-order chi connectivity index (χ0) is 12.5. The second-order valence-electron chi connectivity index (χ2n) is 3.92. The van der Waals surface area contributed by atoms with Crippen LogP contribution in [0.15, 0.2) is 35.9 Å². The van der Waals surface area contributed by atoms with Gasteiger partial charge in [-0.3, -0.25) is 0 Å². The normalized spacial score (nSPS) is 17.7. The lowest BCUT2D eigenvalue weighted by molar-refractivity contribution is 0.252. The van der Waals surface area contributed by atoms with Crippen LogP contribution in [-0.4, -0.2) is 23.4 Å². The van der Waals surface area contributed by atoms with E-state index in [-0.39, 0.29) is 0 Å². The minimum Gasteiger partial charge on any atom is -0.497 e. The van der Waals surface area contributed by atoms with Crippen molar-refractivity contribution in [2.75, 3.05) is 12.4 Å². The fraction of sp³-hybridized carbons (Fsp3) is 0.154. The summed E-state index contributed by atoms with van der Waals surface area (Å²) in [5.41, 5.74) is 2.83. The fourth-order valence-electron chi connectivity index (χ4n) is 2.00. The molecule has 4 nitrogen and oxygen atoms in total. The molecule has 1 aliphatic rings. The lowest BCUT2D eigenvalue weighted by Gasteiger charge is -2.22. The Morgan fingerprint density at radius 1 is 1.44 bits per heavy atom. The number of aliphatic hydroxyl groups excluding tert-OH is 1. The van der Waals surface area contributed by atoms with Gasteiger partial charge in [-0.05, 0) is 18.2 Å². The molecule has 0 fully saturated rings. The van der Waals surface area contributed by atoms with E-state index >= 15 is 0 Å². The molecule has 2 heterocycles. The van der Waals surface area contributed by atoms with E-state index in [0.717, 1.165) is 27.6 Å². The third-order valence-electron chi connectivity index (χ3n) is 2.81. The summed E-state index contributed by atoms with van der Waals surface area (Å²) in [6.45, 7) is 0. The van der Waals surface area contributed by atoms with E-state index in [1.54, 1.807) is 30.7 Å². The molecular formula is C13H12N2O2S. The molecule has 1 aromatic carbocycles. The Kier molecular flexibility index (Phi) is 2.77. The van der Waals surface area contributed by atoms with E-state index in [1.165, 1.54) is 0 Å². The molecule has 0 saturated carbocycles. The summed E-state index contributed by atoms with van der Waals surface area (Å²) < 4.78 is 5.19. The molecule has 92 valence electrons. The number of hydrogen-bond acceptors (Lipinski definition) is 5. The zero-order valence-electron chi connectivity index (χ0n) is 9.75. The molecule has 3 rings (SSSR count). The number of aliphatic hydroxyl groups is 1. The highest BCUT2D eigenvalue weighted by molar-refractivity contribution is 7.10. The van der Waals surface area contributed by atoms with Crippen LogP contribution in [0, 0.1) is 0 Å². The van der Waals surface area contributed by atoms with Crippen molar-refractivity contribution < 1.29 is 9.84 Å². The summed E-state index contributed by atoms with van der Waals surface area (Å²) in [5, 5.41) is 15.7. The van der Waals surface area contributed by atoms with Gasteiger partial charge in [-0.25, -0.2) is 4.98 Å². The van der Waals surface area contributed by atoms with Gasteiger partial charge < -0.3 is 15.2 Å². The van der Waals surface area contributed by atoms with E-state index < -0.39 is 6.23 Å². The van der Waals surface area contributed by atoms with E-state index in [1.807, 2.05) is 23.6 Å². The number of hydrogen-bond donors (Lipinski definition) is 2. The van der Waals surface area contributed by atoms with Crippen LogP contribution in [0.1, 0.15) is 10.6 Å². The lowest BCUT2D eigenvalue weighted by atomic mass is 10.00. The van der Waals surface area contributed by atoms with E-state index in [9.17, 15) is 5.11 Å². The number of benzene rings is 1. The first-order chi connectivity index (χ1) is 8.78. The standard InChI is InChI=1S/C13H12N2O2S/c1-17-8-2-3-9-10(13-14-4-5-18-13)7-12(16)15-11(9)6-8/h2-7,12,15-16H,1H3. The summed E-state index contributed by atoms with van der Waals surface area (Å²) in [5.74, 6) is 0.758. The van der Waals surface area contributed by atoms with Crippen molar-refractivity contribution in [1.29, 1.82) is 0 Å². The van der Waals surface area contributed by atoms with Gasteiger partial charge in [0.2, 0.25) is 0 Å². The van der Waals surface area contributed by atoms with Crippen molar-refractivity contribution in [2.45, 2.75) is 6.23 Å². The fourth-order valence-corrected chi connectivity index (χ4v) is 2.67. The van der Waals surface area contributed by atoms with Crippen molar-refractivity contribution >= 4 is 22.6 Å². The van der Waals surface area contributed by atoms with Crippen molar-refractivity contribution in [3.63, 3.8) is 0 Å². The summed E-state index contributed by atoms with van der Waals surface area (Å²) in [4.78, 5) is 4.30. The van der Waals surface area contributed by atoms with Crippen molar-refractivity contribution in [1.82, 2.24) is 4.98 Å². The molecule has 0 aliphatic carbocycles. The predicted octanol–water partition coefficient (Wildman–Crippen LogP) is 2.33. The van der Waals surface area contributed by atoms with Crippen molar-refractivity contribution in [3.05, 3.63) is 46.4 Å². The van der Waals surface area contributed by atoms with E-state index in [2.05, 4.69) is 10.3 Å². The number of thiazole rings is 1. The van der Waals surface area contributed by atoms with Crippen LogP contribution in [-0.2, 0) is 0 Å². The molecule has 1 aliphatic heterocycles. The van der Waals surface area contributed by atoms with Gasteiger partial charge in [0.25, 0.3) is 0 Å². The molecule has 2 aromatic rings. The second kappa shape index (κ2) is 4.44. The Bertz CT molecular complexity index is 593. The first-order valence-corrected chi connectivity index (χ1v) is 6.40. The number of rotatable bonds is 2. The minimum atomic E-state index is -0.705. The van der Waals surface area contributed by atoms with Gasteiger partial charge in [0.05, 0.1) is 7.11 Å². The van der Waals surface area contributed by atoms with Crippen LogP contribution in [0.3, 0.4) is 0 Å². The summed E-state index contributed by atoms with van der Waals surface area (Å²) in [6.07, 6.45) is 2.83. The smallest absolute Gasteiger partial charge is 0.144 e. The molecule has 0 saturated heterocycles. The molecular weight excluding hydrogens is 248 g/mol. The summed E-state index contributed by atoms with van der Waals surface area (Å²) in [6, 6.07) is 5.75. The maximum Gasteiger partial charge on any atom is 0.144 e. The molecule has 1 atom stereocenters. The van der Waals surface area contributed by atoms with Gasteiger partial charge in [-0.1, -0.05) is 0 Å². The largest absolute Gasteiger partial charge is 0.497 e. The number of fused-ring (bicyclic) bond motifs is 1. The van der Waals surface area contributed by atoms with Crippen LogP contribution >= 0.6 is 11.3 Å². The zero-order valence-corrected chi connectivity index (χ0v) is 10.6. The number of ether oxygens (including phenoxy) is 1. The molecule has 0 radical (unpaired) electrons. The summed E-state index contributed by atoms with van der Waals surface area (Å²) >= 11 is 1.56.